The van der Waals surface area contributed by atoms with Crippen molar-refractivity contribution in [1.82, 2.24) is 0 Å². The highest BCUT2D eigenvalue weighted by Gasteiger charge is 2.34. The minimum absolute atomic E-state index is 0.0228. The lowest BCUT2D eigenvalue weighted by Crippen LogP contribution is -2.33. The number of esters is 2. The molecule has 0 aromatic carbocycles. The predicted octanol–water partition coefficient (Wildman–Crippen LogP) is 8.12. The summed E-state index contributed by atoms with van der Waals surface area (Å²) in [5.41, 5.74) is 0. The van der Waals surface area contributed by atoms with Crippen molar-refractivity contribution in [2.75, 3.05) is 6.61 Å². The fraction of sp³-hybridized carbons (Fsp3) is 0.938. The number of rotatable bonds is 8. The average Bonchev–Trinajstić information content (AvgIpc) is 2.92. The fourth-order valence-electron chi connectivity index (χ4n) is 8.00. The molecule has 4 saturated carbocycles. The van der Waals surface area contributed by atoms with Gasteiger partial charge in [0.15, 0.2) is 0 Å². The third-order valence-electron chi connectivity index (χ3n) is 10.8. The zero-order chi connectivity index (χ0) is 25.5. The fourth-order valence-corrected chi connectivity index (χ4v) is 8.00. The van der Waals surface area contributed by atoms with E-state index in [9.17, 15) is 9.59 Å². The van der Waals surface area contributed by atoms with E-state index in [-0.39, 0.29) is 36.5 Å². The summed E-state index contributed by atoms with van der Waals surface area (Å²) >= 11 is 0. The Bertz CT molecular complexity index is 672. The second-order valence-electron chi connectivity index (χ2n) is 13.3. The maximum absolute atomic E-state index is 12.7. The molecule has 1 unspecified atom stereocenters. The first kappa shape index (κ1) is 28.0. The van der Waals surface area contributed by atoms with Crippen molar-refractivity contribution in [3.05, 3.63) is 0 Å². The molecule has 0 aromatic rings. The second-order valence-corrected chi connectivity index (χ2v) is 13.3. The molecular formula is C32H54O4. The van der Waals surface area contributed by atoms with Gasteiger partial charge in [0, 0.05) is 0 Å². The number of hydrogen-bond donors (Lipinski definition) is 0. The second kappa shape index (κ2) is 13.7. The normalized spacial score (nSPS) is 38.6. The third kappa shape index (κ3) is 7.73. The summed E-state index contributed by atoms with van der Waals surface area (Å²) in [6.07, 6.45) is 21.2. The van der Waals surface area contributed by atoms with Crippen molar-refractivity contribution in [2.45, 2.75) is 136 Å². The van der Waals surface area contributed by atoms with Gasteiger partial charge >= 0.3 is 11.9 Å². The maximum atomic E-state index is 12.7. The summed E-state index contributed by atoms with van der Waals surface area (Å²) in [6, 6.07) is 0. The molecular weight excluding hydrogens is 448 g/mol. The van der Waals surface area contributed by atoms with Crippen LogP contribution in [-0.2, 0) is 19.1 Å². The highest BCUT2D eigenvalue weighted by atomic mass is 16.6. The van der Waals surface area contributed by atoms with Crippen LogP contribution < -0.4 is 0 Å². The lowest BCUT2D eigenvalue weighted by atomic mass is 9.69. The van der Waals surface area contributed by atoms with Crippen molar-refractivity contribution in [3.8, 4) is 0 Å². The van der Waals surface area contributed by atoms with Gasteiger partial charge in [-0.2, -0.15) is 0 Å². The molecule has 4 fully saturated rings. The van der Waals surface area contributed by atoms with E-state index in [1.807, 2.05) is 6.92 Å². The Kier molecular flexibility index (Phi) is 10.6. The Labute approximate surface area is 221 Å². The van der Waals surface area contributed by atoms with Crippen LogP contribution in [0.5, 0.6) is 0 Å². The highest BCUT2D eigenvalue weighted by Crippen LogP contribution is 2.42. The van der Waals surface area contributed by atoms with Crippen LogP contribution in [0.25, 0.3) is 0 Å². The Morgan fingerprint density at radius 2 is 1.17 bits per heavy atom. The van der Waals surface area contributed by atoms with E-state index in [0.717, 1.165) is 61.2 Å². The molecule has 0 bridgehead atoms. The van der Waals surface area contributed by atoms with Crippen LogP contribution in [0.4, 0.5) is 0 Å². The number of hydrogen-bond acceptors (Lipinski definition) is 4. The molecule has 4 aliphatic carbocycles. The molecule has 1 atom stereocenters. The van der Waals surface area contributed by atoms with Crippen molar-refractivity contribution in [1.29, 1.82) is 0 Å². The van der Waals surface area contributed by atoms with E-state index >= 15 is 0 Å². The molecule has 206 valence electrons. The molecule has 4 aliphatic rings. The lowest BCUT2D eigenvalue weighted by molar-refractivity contribution is -0.161. The number of carbonyl (C=O) groups is 2. The topological polar surface area (TPSA) is 52.6 Å². The molecule has 0 aromatic heterocycles. The van der Waals surface area contributed by atoms with Crippen molar-refractivity contribution < 1.29 is 19.1 Å². The van der Waals surface area contributed by atoms with Gasteiger partial charge in [-0.25, -0.2) is 0 Å². The monoisotopic (exact) mass is 502 g/mol. The summed E-state index contributed by atoms with van der Waals surface area (Å²) in [7, 11) is 0. The number of ether oxygens (including phenoxy) is 2. The Balaban J connectivity index is 1.09. The summed E-state index contributed by atoms with van der Waals surface area (Å²) in [5, 5.41) is 0. The molecule has 0 saturated heterocycles. The van der Waals surface area contributed by atoms with Crippen molar-refractivity contribution in [3.63, 3.8) is 0 Å². The van der Waals surface area contributed by atoms with Gasteiger partial charge in [0.2, 0.25) is 0 Å². The van der Waals surface area contributed by atoms with E-state index in [0.29, 0.717) is 0 Å². The predicted molar refractivity (Wildman–Crippen MR) is 144 cm³/mol. The first-order chi connectivity index (χ1) is 17.4. The zero-order valence-corrected chi connectivity index (χ0v) is 23.6. The zero-order valence-electron chi connectivity index (χ0n) is 23.6. The van der Waals surface area contributed by atoms with Crippen LogP contribution in [0.1, 0.15) is 130 Å². The summed E-state index contributed by atoms with van der Waals surface area (Å²) in [5.74, 6) is 4.61. The van der Waals surface area contributed by atoms with Gasteiger partial charge in [-0.3, -0.25) is 9.59 Å². The number of carbonyl (C=O) groups excluding carboxylic acids is 2. The maximum Gasteiger partial charge on any atom is 0.312 e. The smallest absolute Gasteiger partial charge is 0.312 e. The van der Waals surface area contributed by atoms with Crippen LogP contribution in [0.2, 0.25) is 0 Å². The summed E-state index contributed by atoms with van der Waals surface area (Å²) in [4.78, 5) is 25.4. The Morgan fingerprint density at radius 1 is 0.694 bits per heavy atom. The van der Waals surface area contributed by atoms with Crippen molar-refractivity contribution in [2.24, 2.45) is 47.3 Å². The van der Waals surface area contributed by atoms with Gasteiger partial charge in [0.1, 0.15) is 12.7 Å². The summed E-state index contributed by atoms with van der Waals surface area (Å²) in [6.45, 7) is 6.71. The molecule has 0 spiro atoms. The molecule has 0 radical (unpaired) electrons. The van der Waals surface area contributed by atoms with Gasteiger partial charge in [0.25, 0.3) is 0 Å². The van der Waals surface area contributed by atoms with Crippen LogP contribution in [0.3, 0.4) is 0 Å². The van der Waals surface area contributed by atoms with Crippen LogP contribution in [0, 0.1) is 47.3 Å². The summed E-state index contributed by atoms with van der Waals surface area (Å²) < 4.78 is 11.5. The molecule has 4 rings (SSSR count). The highest BCUT2D eigenvalue weighted by molar-refractivity contribution is 5.75. The van der Waals surface area contributed by atoms with Gasteiger partial charge in [-0.1, -0.05) is 46.0 Å². The van der Waals surface area contributed by atoms with Crippen molar-refractivity contribution >= 4 is 11.9 Å². The van der Waals surface area contributed by atoms with E-state index in [1.165, 1.54) is 83.5 Å². The SMILES string of the molecule is CCC1CCC(C2CCC(OC(=O)C(C)COC(=O)C3CCC(C4CCC(C)CC4)CC3)CC2)CC1. The lowest BCUT2D eigenvalue weighted by Gasteiger charge is -2.37. The molecule has 36 heavy (non-hydrogen) atoms. The first-order valence-electron chi connectivity index (χ1n) is 15.8. The quantitative estimate of drug-likeness (QED) is 0.314. The minimum Gasteiger partial charge on any atom is -0.465 e. The van der Waals surface area contributed by atoms with Crippen LogP contribution in [0.15, 0.2) is 0 Å². The largest absolute Gasteiger partial charge is 0.465 e. The van der Waals surface area contributed by atoms with E-state index in [1.54, 1.807) is 0 Å². The van der Waals surface area contributed by atoms with Gasteiger partial charge < -0.3 is 9.47 Å². The Hall–Kier alpha value is -1.06. The minimum atomic E-state index is -0.378. The van der Waals surface area contributed by atoms with Gasteiger partial charge in [0.05, 0.1) is 11.8 Å². The Morgan fingerprint density at radius 3 is 1.69 bits per heavy atom. The van der Waals surface area contributed by atoms with E-state index in [2.05, 4.69) is 13.8 Å². The molecule has 4 heteroatoms. The average molecular weight is 503 g/mol. The first-order valence-corrected chi connectivity index (χ1v) is 15.8. The van der Waals surface area contributed by atoms with E-state index in [4.69, 9.17) is 9.47 Å². The van der Waals surface area contributed by atoms with E-state index < -0.39 is 0 Å². The molecule has 0 amide bonds. The molecule has 0 aliphatic heterocycles. The molecule has 0 N–H and O–H groups in total. The third-order valence-corrected chi connectivity index (χ3v) is 10.8. The molecule has 0 heterocycles. The standard InChI is InChI=1S/C32H54O4/c1-4-24-7-11-26(12-8-24)28-17-19-30(20-18-28)36-31(33)23(3)21-35-32(34)29-15-13-27(14-16-29)25-9-5-22(2)6-10-25/h22-30H,4-21H2,1-3H3. The van der Waals surface area contributed by atoms with Crippen LogP contribution >= 0.6 is 0 Å². The van der Waals surface area contributed by atoms with Gasteiger partial charge in [-0.05, 0) is 119 Å². The van der Waals surface area contributed by atoms with Gasteiger partial charge in [-0.15, -0.1) is 0 Å². The molecule has 4 nitrogen and oxygen atoms in total. The van der Waals surface area contributed by atoms with Crippen LogP contribution in [-0.4, -0.2) is 24.6 Å².